The van der Waals surface area contributed by atoms with Crippen molar-refractivity contribution in [3.63, 3.8) is 0 Å². The molecule has 2 N–H and O–H groups in total. The van der Waals surface area contributed by atoms with Crippen LogP contribution in [0.25, 0.3) is 11.0 Å². The Morgan fingerprint density at radius 3 is 2.50 bits per heavy atom. The van der Waals surface area contributed by atoms with Crippen molar-refractivity contribution in [3.8, 4) is 0 Å². The average molecular weight is 484 g/mol. The predicted octanol–water partition coefficient (Wildman–Crippen LogP) is 6.66. The first kappa shape index (κ1) is 20.2. The lowest BCUT2D eigenvalue weighted by Gasteiger charge is -2.11. The third kappa shape index (κ3) is 4.25. The number of amides is 2. The maximum atomic E-state index is 12.6. The van der Waals surface area contributed by atoms with Gasteiger partial charge in [-0.15, -0.1) is 0 Å². The molecule has 0 saturated heterocycles. The van der Waals surface area contributed by atoms with Gasteiger partial charge in [-0.25, -0.2) is 0 Å². The minimum Gasteiger partial charge on any atom is -0.451 e. The first-order valence-electron chi connectivity index (χ1n) is 9.08. The zero-order chi connectivity index (χ0) is 21.3. The summed E-state index contributed by atoms with van der Waals surface area (Å²) in [7, 11) is 0. The van der Waals surface area contributed by atoms with Gasteiger partial charge < -0.3 is 15.1 Å². The number of furan rings is 1. The van der Waals surface area contributed by atoms with Gasteiger partial charge in [0.15, 0.2) is 5.76 Å². The van der Waals surface area contributed by atoms with E-state index in [-0.39, 0.29) is 17.6 Å². The molecule has 0 spiro atoms. The number of rotatable bonds is 4. The fraction of sp³-hybridized carbons (Fsp3) is 0.0435. The summed E-state index contributed by atoms with van der Waals surface area (Å²) in [6.07, 6.45) is 0. The molecule has 2 amide bonds. The monoisotopic (exact) mass is 482 g/mol. The van der Waals surface area contributed by atoms with Crippen LogP contribution in [0.3, 0.4) is 0 Å². The van der Waals surface area contributed by atoms with Gasteiger partial charge >= 0.3 is 0 Å². The Balaban J connectivity index is 1.49. The van der Waals surface area contributed by atoms with Gasteiger partial charge in [0, 0.05) is 21.2 Å². The lowest BCUT2D eigenvalue weighted by Crippen LogP contribution is -2.14. The zero-order valence-electron chi connectivity index (χ0n) is 15.8. The smallest absolute Gasteiger partial charge is 0.291 e. The molecule has 150 valence electrons. The van der Waals surface area contributed by atoms with Gasteiger partial charge in [-0.1, -0.05) is 45.7 Å². The molecule has 1 aromatic heterocycles. The topological polar surface area (TPSA) is 71.3 Å². The molecule has 0 fully saturated rings. The summed E-state index contributed by atoms with van der Waals surface area (Å²) in [5, 5.41) is 6.89. The summed E-state index contributed by atoms with van der Waals surface area (Å²) in [6, 6.07) is 19.4. The highest BCUT2D eigenvalue weighted by Gasteiger charge is 2.15. The van der Waals surface area contributed by atoms with E-state index < -0.39 is 0 Å². The Kier molecular flexibility index (Phi) is 5.61. The van der Waals surface area contributed by atoms with Gasteiger partial charge in [0.25, 0.3) is 11.8 Å². The summed E-state index contributed by atoms with van der Waals surface area (Å²) < 4.78 is 6.36. The van der Waals surface area contributed by atoms with Crippen molar-refractivity contribution in [1.29, 1.82) is 0 Å². The summed E-state index contributed by atoms with van der Waals surface area (Å²) >= 11 is 9.46. The highest BCUT2D eigenvalue weighted by molar-refractivity contribution is 9.10. The maximum absolute atomic E-state index is 12.6. The Hall–Kier alpha value is -3.09. The molecule has 0 aliphatic rings. The standard InChI is InChI=1S/C23H16BrClN2O3/c1-13-10-16(26-22(28)17-12-15(24)6-8-18(17)25)7-9-19(13)27-23(29)21-11-14-4-2-3-5-20(14)30-21/h2-12H,1H3,(H,26,28)(H,27,29). The highest BCUT2D eigenvalue weighted by Crippen LogP contribution is 2.25. The third-order valence-electron chi connectivity index (χ3n) is 4.55. The van der Waals surface area contributed by atoms with Crippen molar-refractivity contribution in [2.45, 2.75) is 6.92 Å². The molecule has 4 rings (SSSR count). The van der Waals surface area contributed by atoms with E-state index in [1.54, 1.807) is 42.5 Å². The Morgan fingerprint density at radius 2 is 1.73 bits per heavy atom. The van der Waals surface area contributed by atoms with Crippen LogP contribution >= 0.6 is 27.5 Å². The number of halogens is 2. The first-order chi connectivity index (χ1) is 14.4. The fourth-order valence-electron chi connectivity index (χ4n) is 3.03. The van der Waals surface area contributed by atoms with Gasteiger partial charge in [0.2, 0.25) is 0 Å². The first-order valence-corrected chi connectivity index (χ1v) is 10.2. The molecule has 3 aromatic carbocycles. The molecular weight excluding hydrogens is 468 g/mol. The van der Waals surface area contributed by atoms with E-state index in [1.165, 1.54) is 0 Å². The number of hydrogen-bond donors (Lipinski definition) is 2. The number of hydrogen-bond acceptors (Lipinski definition) is 3. The van der Waals surface area contributed by atoms with Crippen LogP contribution in [0.4, 0.5) is 11.4 Å². The molecule has 0 saturated carbocycles. The number of carbonyl (C=O) groups excluding carboxylic acids is 2. The molecule has 0 bridgehead atoms. The summed E-state index contributed by atoms with van der Waals surface area (Å²) in [5.41, 5.74) is 3.03. The maximum Gasteiger partial charge on any atom is 0.291 e. The van der Waals surface area contributed by atoms with Crippen molar-refractivity contribution >= 4 is 61.7 Å². The van der Waals surface area contributed by atoms with Crippen LogP contribution in [0.5, 0.6) is 0 Å². The number of para-hydroxylation sites is 1. The van der Waals surface area contributed by atoms with Crippen LogP contribution in [-0.4, -0.2) is 11.8 Å². The molecule has 0 unspecified atom stereocenters. The van der Waals surface area contributed by atoms with Gasteiger partial charge in [0.1, 0.15) is 5.58 Å². The largest absolute Gasteiger partial charge is 0.451 e. The second-order valence-corrected chi connectivity index (χ2v) is 8.03. The van der Waals surface area contributed by atoms with Gasteiger partial charge in [-0.3, -0.25) is 9.59 Å². The van der Waals surface area contributed by atoms with Crippen molar-refractivity contribution in [2.75, 3.05) is 10.6 Å². The lowest BCUT2D eigenvalue weighted by atomic mass is 10.1. The lowest BCUT2D eigenvalue weighted by molar-refractivity contribution is 0.0996. The molecule has 0 aliphatic heterocycles. The molecule has 4 aromatic rings. The Labute approximate surface area is 186 Å². The zero-order valence-corrected chi connectivity index (χ0v) is 18.2. The van der Waals surface area contributed by atoms with E-state index in [2.05, 4.69) is 26.6 Å². The average Bonchev–Trinajstić information content (AvgIpc) is 3.16. The van der Waals surface area contributed by atoms with Crippen LogP contribution in [0.1, 0.15) is 26.5 Å². The second-order valence-electron chi connectivity index (χ2n) is 6.71. The molecule has 1 heterocycles. The van der Waals surface area contributed by atoms with Crippen molar-refractivity contribution < 1.29 is 14.0 Å². The summed E-state index contributed by atoms with van der Waals surface area (Å²) in [4.78, 5) is 25.1. The fourth-order valence-corrected chi connectivity index (χ4v) is 3.59. The minimum atomic E-state index is -0.341. The number of carbonyl (C=O) groups is 2. The van der Waals surface area contributed by atoms with E-state index in [9.17, 15) is 9.59 Å². The van der Waals surface area contributed by atoms with Crippen LogP contribution < -0.4 is 10.6 Å². The summed E-state index contributed by atoms with van der Waals surface area (Å²) in [5.74, 6) is -0.427. The van der Waals surface area contributed by atoms with E-state index in [4.69, 9.17) is 16.0 Å². The van der Waals surface area contributed by atoms with E-state index in [0.29, 0.717) is 27.5 Å². The second kappa shape index (κ2) is 8.34. The number of fused-ring (bicyclic) bond motifs is 1. The minimum absolute atomic E-state index is 0.234. The van der Waals surface area contributed by atoms with Crippen LogP contribution in [0.15, 0.2) is 75.6 Å². The van der Waals surface area contributed by atoms with Crippen molar-refractivity contribution in [2.24, 2.45) is 0 Å². The van der Waals surface area contributed by atoms with Crippen LogP contribution in [0, 0.1) is 6.92 Å². The van der Waals surface area contributed by atoms with E-state index >= 15 is 0 Å². The molecular formula is C23H16BrClN2O3. The Bertz CT molecular complexity index is 1250. The van der Waals surface area contributed by atoms with Gasteiger partial charge in [-0.05, 0) is 61.0 Å². The number of nitrogens with one attached hydrogen (secondary N) is 2. The van der Waals surface area contributed by atoms with Crippen LogP contribution in [-0.2, 0) is 0 Å². The quantitative estimate of drug-likeness (QED) is 0.341. The number of anilines is 2. The predicted molar refractivity (Wildman–Crippen MR) is 122 cm³/mol. The third-order valence-corrected chi connectivity index (χ3v) is 5.38. The molecule has 0 atom stereocenters. The highest BCUT2D eigenvalue weighted by atomic mass is 79.9. The Morgan fingerprint density at radius 1 is 0.933 bits per heavy atom. The summed E-state index contributed by atoms with van der Waals surface area (Å²) in [6.45, 7) is 1.84. The molecule has 30 heavy (non-hydrogen) atoms. The molecule has 0 radical (unpaired) electrons. The van der Waals surface area contributed by atoms with E-state index in [1.807, 2.05) is 31.2 Å². The van der Waals surface area contributed by atoms with Crippen molar-refractivity contribution in [3.05, 3.63) is 93.1 Å². The van der Waals surface area contributed by atoms with Crippen LogP contribution in [0.2, 0.25) is 5.02 Å². The van der Waals surface area contributed by atoms with Gasteiger partial charge in [-0.2, -0.15) is 0 Å². The number of aryl methyl sites for hydroxylation is 1. The van der Waals surface area contributed by atoms with Gasteiger partial charge in [0.05, 0.1) is 10.6 Å². The molecule has 0 aliphatic carbocycles. The normalized spacial score (nSPS) is 10.8. The SMILES string of the molecule is Cc1cc(NC(=O)c2cc(Br)ccc2Cl)ccc1NC(=O)c1cc2ccccc2o1. The molecule has 5 nitrogen and oxygen atoms in total. The number of benzene rings is 3. The van der Waals surface area contributed by atoms with E-state index in [0.717, 1.165) is 15.4 Å². The van der Waals surface area contributed by atoms with Crippen molar-refractivity contribution in [1.82, 2.24) is 0 Å². The molecule has 7 heteroatoms.